The molecule has 0 aliphatic carbocycles. The van der Waals surface area contributed by atoms with Gasteiger partial charge in [-0.2, -0.15) is 0 Å². The second-order valence-corrected chi connectivity index (χ2v) is 5.21. The van der Waals surface area contributed by atoms with Crippen LogP contribution < -0.4 is 15.4 Å². The molecule has 19 heavy (non-hydrogen) atoms. The van der Waals surface area contributed by atoms with E-state index < -0.39 is 0 Å². The van der Waals surface area contributed by atoms with E-state index in [1.807, 2.05) is 26.1 Å². The van der Waals surface area contributed by atoms with Gasteiger partial charge in [0.2, 0.25) is 5.91 Å². The Hall–Kier alpha value is -1.55. The minimum Gasteiger partial charge on any atom is -0.493 e. The number of hydrogen-bond acceptors (Lipinski definition) is 3. The molecule has 4 heteroatoms. The van der Waals surface area contributed by atoms with Gasteiger partial charge in [0, 0.05) is 25.2 Å². The zero-order valence-electron chi connectivity index (χ0n) is 11.7. The summed E-state index contributed by atoms with van der Waals surface area (Å²) in [7, 11) is 1.81. The van der Waals surface area contributed by atoms with Crippen LogP contribution in [0.15, 0.2) is 18.2 Å². The third-order valence-electron chi connectivity index (χ3n) is 3.47. The molecule has 0 fully saturated rings. The average molecular weight is 262 g/mol. The summed E-state index contributed by atoms with van der Waals surface area (Å²) in [5.41, 5.74) is 7.80. The standard InChI is InChI=1S/C15H22N2O2/c1-11(16)5-8-15(18)17(2)13-6-7-14-12(10-13)4-3-9-19-14/h6-7,10-11H,3-5,8-9,16H2,1-2H3. The van der Waals surface area contributed by atoms with Gasteiger partial charge >= 0.3 is 0 Å². The first-order chi connectivity index (χ1) is 9.08. The summed E-state index contributed by atoms with van der Waals surface area (Å²) in [6.07, 6.45) is 3.27. The number of fused-ring (bicyclic) bond motifs is 1. The number of carbonyl (C=O) groups is 1. The van der Waals surface area contributed by atoms with Crippen LogP contribution in [0.2, 0.25) is 0 Å². The predicted octanol–water partition coefficient (Wildman–Crippen LogP) is 2.10. The van der Waals surface area contributed by atoms with E-state index in [0.29, 0.717) is 6.42 Å². The van der Waals surface area contributed by atoms with Crippen molar-refractivity contribution >= 4 is 11.6 Å². The molecule has 1 heterocycles. The Morgan fingerprint density at radius 2 is 2.32 bits per heavy atom. The molecule has 0 bridgehead atoms. The number of aryl methyl sites for hydroxylation is 1. The second kappa shape index (κ2) is 6.06. The third kappa shape index (κ3) is 3.47. The van der Waals surface area contributed by atoms with E-state index in [0.717, 1.165) is 37.3 Å². The van der Waals surface area contributed by atoms with Crippen LogP contribution in [0.1, 0.15) is 31.7 Å². The summed E-state index contributed by atoms with van der Waals surface area (Å²) < 4.78 is 5.58. The van der Waals surface area contributed by atoms with Crippen molar-refractivity contribution in [2.45, 2.75) is 38.6 Å². The normalized spacial score (nSPS) is 15.3. The fraction of sp³-hybridized carbons (Fsp3) is 0.533. The van der Waals surface area contributed by atoms with E-state index >= 15 is 0 Å². The van der Waals surface area contributed by atoms with Crippen molar-refractivity contribution in [1.82, 2.24) is 0 Å². The molecule has 1 amide bonds. The van der Waals surface area contributed by atoms with Gasteiger partial charge in [-0.25, -0.2) is 0 Å². The number of ether oxygens (including phenoxy) is 1. The minimum atomic E-state index is 0.0642. The topological polar surface area (TPSA) is 55.6 Å². The van der Waals surface area contributed by atoms with Crippen LogP contribution in [-0.4, -0.2) is 25.6 Å². The summed E-state index contributed by atoms with van der Waals surface area (Å²) in [5, 5.41) is 0. The molecule has 1 aromatic carbocycles. The van der Waals surface area contributed by atoms with Crippen molar-refractivity contribution in [3.63, 3.8) is 0 Å². The maximum atomic E-state index is 12.1. The molecule has 0 spiro atoms. The SMILES string of the molecule is CC(N)CCC(=O)N(C)c1ccc2c(c1)CCCO2. The van der Waals surface area contributed by atoms with E-state index in [2.05, 4.69) is 6.07 Å². The van der Waals surface area contributed by atoms with E-state index in [4.69, 9.17) is 10.5 Å². The van der Waals surface area contributed by atoms with Gasteiger partial charge in [0.15, 0.2) is 0 Å². The first kappa shape index (κ1) is 13.9. The number of carbonyl (C=O) groups excluding carboxylic acids is 1. The molecule has 1 aliphatic rings. The highest BCUT2D eigenvalue weighted by Gasteiger charge is 2.15. The van der Waals surface area contributed by atoms with Gasteiger partial charge in [-0.05, 0) is 49.9 Å². The number of anilines is 1. The summed E-state index contributed by atoms with van der Waals surface area (Å²) in [4.78, 5) is 13.8. The molecule has 0 saturated carbocycles. The second-order valence-electron chi connectivity index (χ2n) is 5.21. The van der Waals surface area contributed by atoms with Crippen molar-refractivity contribution in [1.29, 1.82) is 0 Å². The zero-order valence-corrected chi connectivity index (χ0v) is 11.7. The Balaban J connectivity index is 2.06. The Morgan fingerprint density at radius 3 is 3.05 bits per heavy atom. The number of amides is 1. The van der Waals surface area contributed by atoms with Crippen LogP contribution >= 0.6 is 0 Å². The highest BCUT2D eigenvalue weighted by molar-refractivity contribution is 5.93. The minimum absolute atomic E-state index is 0.0642. The van der Waals surface area contributed by atoms with E-state index in [1.165, 1.54) is 5.56 Å². The number of benzene rings is 1. The van der Waals surface area contributed by atoms with Gasteiger partial charge in [-0.3, -0.25) is 4.79 Å². The Kier molecular flexibility index (Phi) is 4.43. The van der Waals surface area contributed by atoms with E-state index in [9.17, 15) is 4.79 Å². The lowest BCUT2D eigenvalue weighted by Gasteiger charge is -2.22. The van der Waals surface area contributed by atoms with Crippen LogP contribution in [0, 0.1) is 0 Å². The zero-order chi connectivity index (χ0) is 13.8. The molecular formula is C15H22N2O2. The molecule has 1 atom stereocenters. The Morgan fingerprint density at radius 1 is 1.53 bits per heavy atom. The molecule has 4 nitrogen and oxygen atoms in total. The van der Waals surface area contributed by atoms with Gasteiger partial charge in [0.25, 0.3) is 0 Å². The number of rotatable bonds is 4. The van der Waals surface area contributed by atoms with Crippen LogP contribution in [-0.2, 0) is 11.2 Å². The first-order valence-electron chi connectivity index (χ1n) is 6.86. The quantitative estimate of drug-likeness (QED) is 0.904. The lowest BCUT2D eigenvalue weighted by atomic mass is 10.1. The van der Waals surface area contributed by atoms with Gasteiger partial charge in [-0.15, -0.1) is 0 Å². The molecule has 104 valence electrons. The number of hydrogen-bond donors (Lipinski definition) is 1. The molecule has 1 aliphatic heterocycles. The molecule has 1 aromatic rings. The third-order valence-corrected chi connectivity index (χ3v) is 3.47. The molecule has 0 saturated heterocycles. The monoisotopic (exact) mass is 262 g/mol. The highest BCUT2D eigenvalue weighted by Crippen LogP contribution is 2.29. The molecular weight excluding hydrogens is 240 g/mol. The Bertz CT molecular complexity index is 457. The van der Waals surface area contributed by atoms with Gasteiger partial charge in [0.1, 0.15) is 5.75 Å². The summed E-state index contributed by atoms with van der Waals surface area (Å²) >= 11 is 0. The largest absolute Gasteiger partial charge is 0.493 e. The predicted molar refractivity (Wildman–Crippen MR) is 76.6 cm³/mol. The van der Waals surface area contributed by atoms with E-state index in [1.54, 1.807) is 4.90 Å². The van der Waals surface area contributed by atoms with Crippen LogP contribution in [0.5, 0.6) is 5.75 Å². The van der Waals surface area contributed by atoms with Crippen LogP contribution in [0.3, 0.4) is 0 Å². The van der Waals surface area contributed by atoms with Crippen LogP contribution in [0.4, 0.5) is 5.69 Å². The van der Waals surface area contributed by atoms with Crippen molar-refractivity contribution in [2.24, 2.45) is 5.73 Å². The summed E-state index contributed by atoms with van der Waals surface area (Å²) in [6, 6.07) is 6.01. The van der Waals surface area contributed by atoms with Crippen molar-refractivity contribution in [2.75, 3.05) is 18.6 Å². The highest BCUT2D eigenvalue weighted by atomic mass is 16.5. The fourth-order valence-electron chi connectivity index (χ4n) is 2.22. The first-order valence-corrected chi connectivity index (χ1v) is 6.86. The van der Waals surface area contributed by atoms with Crippen molar-refractivity contribution in [3.8, 4) is 5.75 Å². The lowest BCUT2D eigenvalue weighted by molar-refractivity contribution is -0.118. The molecule has 0 radical (unpaired) electrons. The van der Waals surface area contributed by atoms with Crippen molar-refractivity contribution in [3.05, 3.63) is 23.8 Å². The average Bonchev–Trinajstić information content (AvgIpc) is 2.43. The van der Waals surface area contributed by atoms with Crippen molar-refractivity contribution < 1.29 is 9.53 Å². The van der Waals surface area contributed by atoms with Gasteiger partial charge < -0.3 is 15.4 Å². The lowest BCUT2D eigenvalue weighted by Crippen LogP contribution is -2.28. The smallest absolute Gasteiger partial charge is 0.226 e. The molecule has 2 N–H and O–H groups in total. The number of nitrogens with two attached hydrogens (primary N) is 1. The number of nitrogens with zero attached hydrogens (tertiary/aromatic N) is 1. The van der Waals surface area contributed by atoms with Gasteiger partial charge in [-0.1, -0.05) is 0 Å². The summed E-state index contributed by atoms with van der Waals surface area (Å²) in [6.45, 7) is 2.71. The van der Waals surface area contributed by atoms with Crippen LogP contribution in [0.25, 0.3) is 0 Å². The summed E-state index contributed by atoms with van der Waals surface area (Å²) in [5.74, 6) is 1.06. The molecule has 0 aromatic heterocycles. The van der Waals surface area contributed by atoms with Gasteiger partial charge in [0.05, 0.1) is 6.61 Å². The van der Waals surface area contributed by atoms with E-state index in [-0.39, 0.29) is 11.9 Å². The fourth-order valence-corrected chi connectivity index (χ4v) is 2.22. The molecule has 2 rings (SSSR count). The maximum Gasteiger partial charge on any atom is 0.226 e. The Labute approximate surface area is 114 Å². The molecule has 1 unspecified atom stereocenters. The maximum absolute atomic E-state index is 12.1.